The van der Waals surface area contributed by atoms with Gasteiger partial charge in [-0.3, -0.25) is 9.69 Å². The summed E-state index contributed by atoms with van der Waals surface area (Å²) < 4.78 is 11.5. The molecule has 3 saturated heterocycles. The molecule has 1 aromatic rings. The van der Waals surface area contributed by atoms with E-state index in [4.69, 9.17) is 9.47 Å². The van der Waals surface area contributed by atoms with Crippen LogP contribution in [0.15, 0.2) is 18.2 Å². The van der Waals surface area contributed by atoms with Crippen LogP contribution in [-0.2, 0) is 9.47 Å². The molecular formula is C28H43N3O4. The summed E-state index contributed by atoms with van der Waals surface area (Å²) in [6, 6.07) is 6.22. The van der Waals surface area contributed by atoms with Crippen LogP contribution in [0.1, 0.15) is 66.9 Å². The summed E-state index contributed by atoms with van der Waals surface area (Å²) >= 11 is 0. The van der Waals surface area contributed by atoms with Gasteiger partial charge in [-0.1, -0.05) is 38.0 Å². The van der Waals surface area contributed by atoms with E-state index in [0.717, 1.165) is 81.4 Å². The summed E-state index contributed by atoms with van der Waals surface area (Å²) in [6.45, 7) is 10.6. The number of nitrogens with one attached hydrogen (secondary N) is 1. The van der Waals surface area contributed by atoms with Crippen LogP contribution in [0.4, 0.5) is 4.79 Å². The first-order valence-electron chi connectivity index (χ1n) is 13.4. The van der Waals surface area contributed by atoms with Crippen LogP contribution in [0.2, 0.25) is 0 Å². The van der Waals surface area contributed by atoms with Crippen molar-refractivity contribution < 1.29 is 19.1 Å². The van der Waals surface area contributed by atoms with Gasteiger partial charge in [0.15, 0.2) is 5.78 Å². The fraction of sp³-hybridized carbons (Fsp3) is 0.714. The number of ether oxygens (including phenoxy) is 2. The molecule has 194 valence electrons. The summed E-state index contributed by atoms with van der Waals surface area (Å²) in [5.74, 6) is 0.536. The number of hydrogen-bond donors (Lipinski definition) is 1. The van der Waals surface area contributed by atoms with Gasteiger partial charge >= 0.3 is 6.09 Å². The highest BCUT2D eigenvalue weighted by Crippen LogP contribution is 2.41. The zero-order valence-corrected chi connectivity index (χ0v) is 22.0. The number of methoxy groups -OCH3 is 1. The predicted molar refractivity (Wildman–Crippen MR) is 137 cm³/mol. The van der Waals surface area contributed by atoms with Crippen molar-refractivity contribution in [3.05, 3.63) is 34.9 Å². The van der Waals surface area contributed by atoms with Gasteiger partial charge in [0.25, 0.3) is 0 Å². The number of likely N-dealkylation sites (tertiary alicyclic amines) is 1. The van der Waals surface area contributed by atoms with Gasteiger partial charge in [0.05, 0.1) is 12.6 Å². The first kappa shape index (κ1) is 26.1. The first-order chi connectivity index (χ1) is 16.9. The van der Waals surface area contributed by atoms with Gasteiger partial charge in [-0.15, -0.1) is 0 Å². The fourth-order valence-corrected chi connectivity index (χ4v) is 6.39. The highest BCUT2D eigenvalue weighted by atomic mass is 16.6. The van der Waals surface area contributed by atoms with Crippen molar-refractivity contribution >= 4 is 11.9 Å². The molecule has 4 rings (SSSR count). The van der Waals surface area contributed by atoms with Crippen LogP contribution < -0.4 is 5.32 Å². The van der Waals surface area contributed by atoms with E-state index in [9.17, 15) is 9.59 Å². The third-order valence-electron chi connectivity index (χ3n) is 8.43. The normalized spacial score (nSPS) is 29.5. The third kappa shape index (κ3) is 5.57. The van der Waals surface area contributed by atoms with Crippen molar-refractivity contribution in [3.63, 3.8) is 0 Å². The first-order valence-corrected chi connectivity index (χ1v) is 13.4. The van der Waals surface area contributed by atoms with Gasteiger partial charge in [0, 0.05) is 57.2 Å². The number of amides is 1. The van der Waals surface area contributed by atoms with Crippen LogP contribution in [0.5, 0.6) is 0 Å². The zero-order valence-electron chi connectivity index (χ0n) is 22.0. The standard InChI is InChI=1S/C28H43N3O4/c1-5-6-10-22-18-30(15-16-34-4)27(33)35-28(22)12-14-31(19-28)23-11-13-29-24(17-23)26(32)25-20(2)8-7-9-21(25)3/h7-9,22-24,29H,5-6,10-19H2,1-4H3. The Morgan fingerprint density at radius 2 is 2.06 bits per heavy atom. The molecule has 7 heteroatoms. The molecule has 1 spiro atoms. The van der Waals surface area contributed by atoms with Crippen molar-refractivity contribution in [1.29, 1.82) is 0 Å². The Hall–Kier alpha value is -1.96. The highest BCUT2D eigenvalue weighted by molar-refractivity contribution is 6.02. The van der Waals surface area contributed by atoms with Gasteiger partial charge in [-0.2, -0.15) is 0 Å². The summed E-state index contributed by atoms with van der Waals surface area (Å²) in [4.78, 5) is 30.7. The Kier molecular flexibility index (Phi) is 8.50. The second-order valence-electron chi connectivity index (χ2n) is 10.7. The van der Waals surface area contributed by atoms with Crippen molar-refractivity contribution in [2.75, 3.05) is 46.4 Å². The second kappa shape index (κ2) is 11.4. The van der Waals surface area contributed by atoms with E-state index >= 15 is 0 Å². The number of ketones is 1. The van der Waals surface area contributed by atoms with Crippen LogP contribution in [-0.4, -0.2) is 85.8 Å². The molecule has 0 aliphatic carbocycles. The van der Waals surface area contributed by atoms with Crippen molar-refractivity contribution in [2.45, 2.75) is 77.0 Å². The number of benzene rings is 1. The Morgan fingerprint density at radius 3 is 2.77 bits per heavy atom. The average molecular weight is 486 g/mol. The lowest BCUT2D eigenvalue weighted by atomic mass is 9.81. The Labute approximate surface area is 210 Å². The van der Waals surface area contributed by atoms with Crippen LogP contribution in [0.3, 0.4) is 0 Å². The predicted octanol–water partition coefficient (Wildman–Crippen LogP) is 3.96. The average Bonchev–Trinajstić information content (AvgIpc) is 3.27. The molecule has 1 aromatic carbocycles. The molecular weight excluding hydrogens is 442 g/mol. The molecule has 4 atom stereocenters. The van der Waals surface area contributed by atoms with E-state index in [1.165, 1.54) is 0 Å². The van der Waals surface area contributed by atoms with Crippen molar-refractivity contribution in [3.8, 4) is 0 Å². The van der Waals surface area contributed by atoms with E-state index in [2.05, 4.69) is 17.1 Å². The number of nitrogens with zero attached hydrogens (tertiary/aromatic N) is 2. The summed E-state index contributed by atoms with van der Waals surface area (Å²) in [5, 5.41) is 3.49. The molecule has 35 heavy (non-hydrogen) atoms. The number of hydrogen-bond acceptors (Lipinski definition) is 6. The number of carbonyl (C=O) groups is 2. The molecule has 0 radical (unpaired) electrons. The molecule has 3 fully saturated rings. The number of piperidine rings is 1. The Bertz CT molecular complexity index is 886. The Morgan fingerprint density at radius 1 is 1.29 bits per heavy atom. The van der Waals surface area contributed by atoms with E-state index in [0.29, 0.717) is 25.1 Å². The quantitative estimate of drug-likeness (QED) is 0.534. The molecule has 0 bridgehead atoms. The molecule has 7 nitrogen and oxygen atoms in total. The lowest BCUT2D eigenvalue weighted by molar-refractivity contribution is -0.0891. The SMILES string of the molecule is CCCCC1CN(CCOC)C(=O)OC12CCN(C1CCNC(C(=O)c3c(C)cccc3C)C1)C2. The molecule has 3 heterocycles. The maximum Gasteiger partial charge on any atom is 0.410 e. The van der Waals surface area contributed by atoms with E-state index in [1.54, 1.807) is 7.11 Å². The monoisotopic (exact) mass is 485 g/mol. The van der Waals surface area contributed by atoms with Gasteiger partial charge in [0.1, 0.15) is 5.60 Å². The van der Waals surface area contributed by atoms with Gasteiger partial charge in [0.2, 0.25) is 0 Å². The van der Waals surface area contributed by atoms with Crippen molar-refractivity contribution in [1.82, 2.24) is 15.1 Å². The third-order valence-corrected chi connectivity index (χ3v) is 8.43. The maximum absolute atomic E-state index is 13.5. The second-order valence-corrected chi connectivity index (χ2v) is 10.7. The smallest absolute Gasteiger partial charge is 0.410 e. The summed E-state index contributed by atoms with van der Waals surface area (Å²) in [5.41, 5.74) is 2.54. The minimum absolute atomic E-state index is 0.167. The maximum atomic E-state index is 13.5. The molecule has 1 N–H and O–H groups in total. The van der Waals surface area contributed by atoms with E-state index in [-0.39, 0.29) is 17.9 Å². The molecule has 1 amide bonds. The van der Waals surface area contributed by atoms with Gasteiger partial charge < -0.3 is 19.7 Å². The number of rotatable bonds is 9. The van der Waals surface area contributed by atoms with Crippen LogP contribution in [0.25, 0.3) is 0 Å². The fourth-order valence-electron chi connectivity index (χ4n) is 6.39. The zero-order chi connectivity index (χ0) is 25.0. The van der Waals surface area contributed by atoms with Crippen LogP contribution >= 0.6 is 0 Å². The highest BCUT2D eigenvalue weighted by Gasteiger charge is 2.53. The number of unbranched alkanes of at least 4 members (excludes halogenated alkanes) is 1. The number of aryl methyl sites for hydroxylation is 2. The molecule has 0 aromatic heterocycles. The molecule has 3 aliphatic heterocycles. The van der Waals surface area contributed by atoms with Crippen molar-refractivity contribution in [2.24, 2.45) is 5.92 Å². The minimum atomic E-state index is -0.410. The minimum Gasteiger partial charge on any atom is -0.441 e. The van der Waals surface area contributed by atoms with Gasteiger partial charge in [-0.25, -0.2) is 4.79 Å². The van der Waals surface area contributed by atoms with Crippen LogP contribution in [0, 0.1) is 19.8 Å². The molecule has 3 aliphatic rings. The number of carbonyl (C=O) groups excluding carboxylic acids is 2. The largest absolute Gasteiger partial charge is 0.441 e. The summed E-state index contributed by atoms with van der Waals surface area (Å²) in [6.07, 6.45) is 5.84. The lowest BCUT2D eigenvalue weighted by Gasteiger charge is -2.46. The Balaban J connectivity index is 1.45. The van der Waals surface area contributed by atoms with E-state index < -0.39 is 5.60 Å². The van der Waals surface area contributed by atoms with Gasteiger partial charge in [-0.05, 0) is 50.8 Å². The van der Waals surface area contributed by atoms with E-state index in [1.807, 2.05) is 36.9 Å². The molecule has 0 saturated carbocycles. The number of Topliss-reactive ketones (excluding diaryl/α,β-unsaturated/α-hetero) is 1. The topological polar surface area (TPSA) is 71.1 Å². The molecule has 4 unspecified atom stereocenters. The summed E-state index contributed by atoms with van der Waals surface area (Å²) in [7, 11) is 1.66. The lowest BCUT2D eigenvalue weighted by Crippen LogP contribution is -2.58.